The van der Waals surface area contributed by atoms with Gasteiger partial charge in [-0.05, 0) is 44.8 Å². The fourth-order valence-corrected chi connectivity index (χ4v) is 9.26. The Labute approximate surface area is 389 Å². The van der Waals surface area contributed by atoms with E-state index < -0.39 is 0 Å². The van der Waals surface area contributed by atoms with Gasteiger partial charge in [-0.1, -0.05) is 243 Å². The van der Waals surface area contributed by atoms with Crippen LogP contribution >= 0.6 is 0 Å². The lowest BCUT2D eigenvalue weighted by atomic mass is 9.90. The lowest BCUT2D eigenvalue weighted by Gasteiger charge is -2.18. The molecule has 0 amide bonds. The van der Waals surface area contributed by atoms with Gasteiger partial charge < -0.3 is 0 Å². The Balaban J connectivity index is 0.984. The van der Waals surface area contributed by atoms with Crippen LogP contribution in [0.15, 0.2) is 249 Å². The average molecular weight is 856 g/mol. The van der Waals surface area contributed by atoms with Crippen LogP contribution in [0.5, 0.6) is 0 Å². The highest BCUT2D eigenvalue weighted by Crippen LogP contribution is 2.46. The predicted octanol–water partition coefficient (Wildman–Crippen LogP) is 15.7. The SMILES string of the molecule is c1ccc(-c2ccc(-c3nc(-c4ccccc4)nc(-c4ccc(-c5cccc(-c6c(-c7ccccc7)n7nc(-c8ccccc8)c(-c8ccccc8)c7c7ccccc67)c5)cc4)n3)cc2)cc1. The first kappa shape index (κ1) is 39.5. The Bertz CT molecular complexity index is 3680. The third-order valence-corrected chi connectivity index (χ3v) is 12.5. The zero-order chi connectivity index (χ0) is 44.5. The molecule has 0 unspecified atom stereocenters. The zero-order valence-electron chi connectivity index (χ0n) is 36.4. The molecule has 0 saturated carbocycles. The van der Waals surface area contributed by atoms with E-state index in [1.54, 1.807) is 0 Å². The van der Waals surface area contributed by atoms with E-state index in [0.717, 1.165) is 94.4 Å². The van der Waals surface area contributed by atoms with Crippen molar-refractivity contribution in [3.63, 3.8) is 0 Å². The van der Waals surface area contributed by atoms with Gasteiger partial charge in [-0.2, -0.15) is 5.10 Å². The Morgan fingerprint density at radius 2 is 0.627 bits per heavy atom. The minimum atomic E-state index is 0.618. The maximum atomic E-state index is 5.56. The third-order valence-electron chi connectivity index (χ3n) is 12.5. The number of benzene rings is 9. The summed E-state index contributed by atoms with van der Waals surface area (Å²) in [6, 6.07) is 87.0. The molecule has 0 radical (unpaired) electrons. The van der Waals surface area contributed by atoms with Gasteiger partial charge in [-0.25, -0.2) is 19.5 Å². The average Bonchev–Trinajstić information content (AvgIpc) is 3.83. The number of hydrogen-bond donors (Lipinski definition) is 0. The lowest BCUT2D eigenvalue weighted by molar-refractivity contribution is 0.981. The lowest BCUT2D eigenvalue weighted by Crippen LogP contribution is -2.00. The molecule has 12 rings (SSSR count). The molecule has 12 aromatic rings. The van der Waals surface area contributed by atoms with E-state index in [1.807, 2.05) is 36.4 Å². The number of rotatable bonds is 9. The summed E-state index contributed by atoms with van der Waals surface area (Å²) < 4.78 is 2.20. The number of nitrogens with zero attached hydrogens (tertiary/aromatic N) is 5. The molecule has 0 aliphatic heterocycles. The van der Waals surface area contributed by atoms with Crippen LogP contribution in [-0.2, 0) is 0 Å². The highest BCUT2D eigenvalue weighted by atomic mass is 15.2. The number of aromatic nitrogens is 5. The van der Waals surface area contributed by atoms with Gasteiger partial charge >= 0.3 is 0 Å². The van der Waals surface area contributed by atoms with Crippen molar-refractivity contribution < 1.29 is 0 Å². The van der Waals surface area contributed by atoms with Crippen molar-refractivity contribution in [2.75, 3.05) is 0 Å². The molecule has 0 bridgehead atoms. The first-order valence-corrected chi connectivity index (χ1v) is 22.6. The van der Waals surface area contributed by atoms with Gasteiger partial charge in [-0.3, -0.25) is 0 Å². The minimum Gasteiger partial charge on any atom is -0.231 e. The first-order chi connectivity index (χ1) is 33.2. The zero-order valence-corrected chi connectivity index (χ0v) is 36.4. The van der Waals surface area contributed by atoms with Gasteiger partial charge in [0.25, 0.3) is 0 Å². The van der Waals surface area contributed by atoms with E-state index in [0.29, 0.717) is 17.5 Å². The molecule has 3 aromatic heterocycles. The molecule has 0 atom stereocenters. The Morgan fingerprint density at radius 3 is 1.18 bits per heavy atom. The molecule has 0 aliphatic carbocycles. The molecule has 0 fully saturated rings. The van der Waals surface area contributed by atoms with Crippen molar-refractivity contribution in [3.8, 4) is 101 Å². The van der Waals surface area contributed by atoms with E-state index in [9.17, 15) is 0 Å². The topological polar surface area (TPSA) is 56.0 Å². The maximum Gasteiger partial charge on any atom is 0.164 e. The summed E-state index contributed by atoms with van der Waals surface area (Å²) in [7, 11) is 0. The Hall–Kier alpha value is -9.06. The highest BCUT2D eigenvalue weighted by molar-refractivity contribution is 6.15. The standard InChI is InChI=1S/C62H41N5/c1-6-19-42(20-7-1)43-33-37-49(38-34-43)61-63-60(48-27-14-5-15-28-48)64-62(65-61)50-39-35-44(36-40-50)51-29-18-30-52(41-51)55-53-31-16-17-32-54(53)59-56(45-21-8-2-9-22-45)57(46-23-10-3-11-24-46)66-67(59)58(55)47-25-12-4-13-26-47/h1-41H. The molecule has 314 valence electrons. The van der Waals surface area contributed by atoms with Gasteiger partial charge in [-0.15, -0.1) is 0 Å². The number of fused-ring (bicyclic) bond motifs is 3. The normalized spacial score (nSPS) is 11.3. The first-order valence-electron chi connectivity index (χ1n) is 22.6. The molecular formula is C62H41N5. The van der Waals surface area contributed by atoms with Gasteiger partial charge in [0, 0.05) is 44.3 Å². The summed E-state index contributed by atoms with van der Waals surface area (Å²) in [6.45, 7) is 0. The summed E-state index contributed by atoms with van der Waals surface area (Å²) in [4.78, 5) is 15.1. The maximum absolute atomic E-state index is 5.56. The van der Waals surface area contributed by atoms with Gasteiger partial charge in [0.1, 0.15) is 5.69 Å². The molecular weight excluding hydrogens is 815 g/mol. The molecule has 0 N–H and O–H groups in total. The van der Waals surface area contributed by atoms with Crippen molar-refractivity contribution >= 4 is 16.3 Å². The predicted molar refractivity (Wildman–Crippen MR) is 275 cm³/mol. The van der Waals surface area contributed by atoms with Gasteiger partial charge in [0.15, 0.2) is 17.5 Å². The number of hydrogen-bond acceptors (Lipinski definition) is 4. The van der Waals surface area contributed by atoms with Crippen LogP contribution < -0.4 is 0 Å². The largest absolute Gasteiger partial charge is 0.231 e. The molecule has 0 spiro atoms. The summed E-state index contributed by atoms with van der Waals surface area (Å²) in [5, 5.41) is 7.86. The highest BCUT2D eigenvalue weighted by Gasteiger charge is 2.25. The fourth-order valence-electron chi connectivity index (χ4n) is 9.26. The molecule has 5 nitrogen and oxygen atoms in total. The molecule has 9 aromatic carbocycles. The van der Waals surface area contributed by atoms with Crippen molar-refractivity contribution in [1.82, 2.24) is 24.6 Å². The van der Waals surface area contributed by atoms with Crippen molar-refractivity contribution in [2.45, 2.75) is 0 Å². The van der Waals surface area contributed by atoms with Crippen LogP contribution in [0.1, 0.15) is 0 Å². The van der Waals surface area contributed by atoms with Crippen LogP contribution in [0.25, 0.3) is 117 Å². The number of pyridine rings is 1. The minimum absolute atomic E-state index is 0.618. The second-order valence-electron chi connectivity index (χ2n) is 16.6. The monoisotopic (exact) mass is 855 g/mol. The van der Waals surface area contributed by atoms with E-state index in [2.05, 4.69) is 217 Å². The summed E-state index contributed by atoms with van der Waals surface area (Å²) in [5.74, 6) is 1.88. The van der Waals surface area contributed by atoms with Gasteiger partial charge in [0.2, 0.25) is 0 Å². The second kappa shape index (κ2) is 17.1. The quantitative estimate of drug-likeness (QED) is 0.145. The summed E-state index contributed by atoms with van der Waals surface area (Å²) in [6.07, 6.45) is 0. The van der Waals surface area contributed by atoms with Crippen molar-refractivity contribution in [1.29, 1.82) is 0 Å². The van der Waals surface area contributed by atoms with Crippen LogP contribution in [0, 0.1) is 0 Å². The van der Waals surface area contributed by atoms with E-state index in [4.69, 9.17) is 20.1 Å². The second-order valence-corrected chi connectivity index (χ2v) is 16.6. The molecule has 0 saturated heterocycles. The Kier molecular flexibility index (Phi) is 10.1. The molecule has 3 heterocycles. The van der Waals surface area contributed by atoms with Crippen molar-refractivity contribution in [3.05, 3.63) is 249 Å². The molecule has 5 heteroatoms. The van der Waals surface area contributed by atoms with E-state index >= 15 is 0 Å². The third kappa shape index (κ3) is 7.44. The fraction of sp³-hybridized carbons (Fsp3) is 0. The summed E-state index contributed by atoms with van der Waals surface area (Å²) >= 11 is 0. The van der Waals surface area contributed by atoms with Crippen LogP contribution in [0.4, 0.5) is 0 Å². The summed E-state index contributed by atoms with van der Waals surface area (Å²) in [5.41, 5.74) is 17.0. The van der Waals surface area contributed by atoms with Crippen molar-refractivity contribution in [2.24, 2.45) is 0 Å². The molecule has 0 aliphatic rings. The smallest absolute Gasteiger partial charge is 0.164 e. The Morgan fingerprint density at radius 1 is 0.254 bits per heavy atom. The molecule has 67 heavy (non-hydrogen) atoms. The van der Waals surface area contributed by atoms with E-state index in [-0.39, 0.29) is 0 Å². The van der Waals surface area contributed by atoms with E-state index in [1.165, 1.54) is 5.56 Å². The van der Waals surface area contributed by atoms with Gasteiger partial charge in [0.05, 0.1) is 11.2 Å². The van der Waals surface area contributed by atoms with Crippen LogP contribution in [0.3, 0.4) is 0 Å². The van der Waals surface area contributed by atoms with Crippen LogP contribution in [-0.4, -0.2) is 24.6 Å². The van der Waals surface area contributed by atoms with Crippen LogP contribution in [0.2, 0.25) is 0 Å².